The van der Waals surface area contributed by atoms with Crippen molar-refractivity contribution in [3.8, 4) is 5.75 Å². The maximum atomic E-state index is 5.88. The highest BCUT2D eigenvalue weighted by Gasteiger charge is 2.16. The molecular formula is C16H27NO2. The molecule has 0 radical (unpaired) electrons. The number of aryl methyl sites for hydroxylation is 1. The molecule has 0 saturated carbocycles. The second-order valence-electron chi connectivity index (χ2n) is 4.91. The van der Waals surface area contributed by atoms with E-state index >= 15 is 0 Å². The molecule has 1 rings (SSSR count). The number of hydrogen-bond acceptors (Lipinski definition) is 3. The average molecular weight is 265 g/mol. The van der Waals surface area contributed by atoms with Crippen LogP contribution in [0.2, 0.25) is 0 Å². The number of nitrogens with one attached hydrogen (secondary N) is 1. The van der Waals surface area contributed by atoms with Crippen LogP contribution in [0.1, 0.15) is 44.4 Å². The van der Waals surface area contributed by atoms with E-state index in [2.05, 4.69) is 45.1 Å². The zero-order valence-corrected chi connectivity index (χ0v) is 12.8. The van der Waals surface area contributed by atoms with Gasteiger partial charge in [0.15, 0.2) is 0 Å². The van der Waals surface area contributed by atoms with Gasteiger partial charge in [0, 0.05) is 5.56 Å². The van der Waals surface area contributed by atoms with E-state index in [1.165, 1.54) is 11.1 Å². The van der Waals surface area contributed by atoms with E-state index in [0.717, 1.165) is 18.7 Å². The van der Waals surface area contributed by atoms with Crippen LogP contribution in [0.15, 0.2) is 18.2 Å². The first-order chi connectivity index (χ1) is 9.12. The summed E-state index contributed by atoms with van der Waals surface area (Å²) < 4.78 is 11.3. The predicted molar refractivity (Wildman–Crippen MR) is 79.9 cm³/mol. The number of benzene rings is 1. The SMILES string of the molecule is CCNC(COC(C)CC)c1cc(C)ccc1OC. The monoisotopic (exact) mass is 265 g/mol. The van der Waals surface area contributed by atoms with Gasteiger partial charge in [-0.2, -0.15) is 0 Å². The Morgan fingerprint density at radius 2 is 2.00 bits per heavy atom. The van der Waals surface area contributed by atoms with Gasteiger partial charge in [0.1, 0.15) is 5.75 Å². The summed E-state index contributed by atoms with van der Waals surface area (Å²) in [5.41, 5.74) is 2.41. The molecule has 108 valence electrons. The zero-order chi connectivity index (χ0) is 14.3. The molecule has 0 amide bonds. The third kappa shape index (κ3) is 4.84. The minimum atomic E-state index is 0.175. The molecule has 0 aliphatic carbocycles. The van der Waals surface area contributed by atoms with Crippen LogP contribution in [-0.2, 0) is 4.74 Å². The van der Waals surface area contributed by atoms with Crippen LogP contribution in [0.5, 0.6) is 5.75 Å². The summed E-state index contributed by atoms with van der Waals surface area (Å²) in [6, 6.07) is 6.44. The van der Waals surface area contributed by atoms with Gasteiger partial charge >= 0.3 is 0 Å². The molecule has 3 nitrogen and oxygen atoms in total. The van der Waals surface area contributed by atoms with Gasteiger partial charge < -0.3 is 14.8 Å². The highest BCUT2D eigenvalue weighted by atomic mass is 16.5. The van der Waals surface area contributed by atoms with Crippen molar-refractivity contribution in [2.75, 3.05) is 20.3 Å². The van der Waals surface area contributed by atoms with Crippen molar-refractivity contribution in [3.63, 3.8) is 0 Å². The number of hydrogen-bond donors (Lipinski definition) is 1. The molecular weight excluding hydrogens is 238 g/mol. The zero-order valence-electron chi connectivity index (χ0n) is 12.8. The molecule has 0 heterocycles. The fraction of sp³-hybridized carbons (Fsp3) is 0.625. The maximum absolute atomic E-state index is 5.88. The third-order valence-corrected chi connectivity index (χ3v) is 3.33. The molecule has 0 aliphatic rings. The van der Waals surface area contributed by atoms with E-state index in [1.54, 1.807) is 7.11 Å². The van der Waals surface area contributed by atoms with Gasteiger partial charge in [-0.3, -0.25) is 0 Å². The molecule has 1 aromatic rings. The minimum absolute atomic E-state index is 0.175. The van der Waals surface area contributed by atoms with E-state index in [4.69, 9.17) is 9.47 Å². The maximum Gasteiger partial charge on any atom is 0.123 e. The first-order valence-corrected chi connectivity index (χ1v) is 7.11. The van der Waals surface area contributed by atoms with Crippen LogP contribution >= 0.6 is 0 Å². The summed E-state index contributed by atoms with van der Waals surface area (Å²) in [7, 11) is 1.71. The Hall–Kier alpha value is -1.06. The second-order valence-corrected chi connectivity index (χ2v) is 4.91. The highest BCUT2D eigenvalue weighted by Crippen LogP contribution is 2.27. The van der Waals surface area contributed by atoms with E-state index < -0.39 is 0 Å². The first kappa shape index (κ1) is 16.0. The van der Waals surface area contributed by atoms with Crippen molar-refractivity contribution >= 4 is 0 Å². The summed E-state index contributed by atoms with van der Waals surface area (Å²) in [6.45, 7) is 10.0. The van der Waals surface area contributed by atoms with Gasteiger partial charge in [0.05, 0.1) is 25.9 Å². The van der Waals surface area contributed by atoms with Crippen molar-refractivity contribution in [2.45, 2.75) is 46.3 Å². The molecule has 1 aromatic carbocycles. The van der Waals surface area contributed by atoms with Crippen molar-refractivity contribution in [2.24, 2.45) is 0 Å². The largest absolute Gasteiger partial charge is 0.496 e. The van der Waals surface area contributed by atoms with Gasteiger partial charge in [0.2, 0.25) is 0 Å². The van der Waals surface area contributed by atoms with Crippen LogP contribution in [0.25, 0.3) is 0 Å². The summed E-state index contributed by atoms with van der Waals surface area (Å²) in [5.74, 6) is 0.921. The Labute approximate surface area is 117 Å². The molecule has 3 heteroatoms. The lowest BCUT2D eigenvalue weighted by atomic mass is 10.0. The molecule has 0 bridgehead atoms. The van der Waals surface area contributed by atoms with E-state index in [-0.39, 0.29) is 12.1 Å². The van der Waals surface area contributed by atoms with Gasteiger partial charge in [-0.05, 0) is 32.9 Å². The van der Waals surface area contributed by atoms with Gasteiger partial charge in [-0.15, -0.1) is 0 Å². The van der Waals surface area contributed by atoms with Gasteiger partial charge in [-0.25, -0.2) is 0 Å². The van der Waals surface area contributed by atoms with Crippen molar-refractivity contribution in [1.82, 2.24) is 5.32 Å². The van der Waals surface area contributed by atoms with E-state index in [1.807, 2.05) is 6.07 Å². The van der Waals surface area contributed by atoms with E-state index in [0.29, 0.717) is 6.61 Å². The lowest BCUT2D eigenvalue weighted by Crippen LogP contribution is -2.27. The lowest BCUT2D eigenvalue weighted by molar-refractivity contribution is 0.0472. The number of ether oxygens (including phenoxy) is 2. The Morgan fingerprint density at radius 3 is 2.58 bits per heavy atom. The fourth-order valence-electron chi connectivity index (χ4n) is 2.01. The molecule has 0 saturated heterocycles. The third-order valence-electron chi connectivity index (χ3n) is 3.33. The molecule has 2 atom stereocenters. The number of likely N-dealkylation sites (N-methyl/N-ethyl adjacent to an activating group) is 1. The molecule has 0 aromatic heterocycles. The Bertz CT molecular complexity index is 379. The quantitative estimate of drug-likeness (QED) is 0.780. The summed E-state index contributed by atoms with van der Waals surface area (Å²) >= 11 is 0. The topological polar surface area (TPSA) is 30.5 Å². The smallest absolute Gasteiger partial charge is 0.123 e. The normalized spacial score (nSPS) is 14.2. The van der Waals surface area contributed by atoms with Crippen LogP contribution in [-0.4, -0.2) is 26.4 Å². The standard InChI is InChI=1S/C16H27NO2/c1-6-13(4)19-11-15(17-7-2)14-10-12(3)8-9-16(14)18-5/h8-10,13,15,17H,6-7,11H2,1-5H3. The van der Waals surface area contributed by atoms with Crippen molar-refractivity contribution in [3.05, 3.63) is 29.3 Å². The van der Waals surface area contributed by atoms with Crippen LogP contribution in [0, 0.1) is 6.92 Å². The second kappa shape index (κ2) is 8.18. The highest BCUT2D eigenvalue weighted by molar-refractivity contribution is 5.39. The summed E-state index contributed by atoms with van der Waals surface area (Å²) in [5, 5.41) is 3.48. The number of rotatable bonds is 8. The molecule has 2 unspecified atom stereocenters. The molecule has 0 spiro atoms. The van der Waals surface area contributed by atoms with E-state index in [9.17, 15) is 0 Å². The Morgan fingerprint density at radius 1 is 1.26 bits per heavy atom. The Balaban J connectivity index is 2.87. The van der Waals surface area contributed by atoms with Crippen LogP contribution in [0.4, 0.5) is 0 Å². The van der Waals surface area contributed by atoms with Crippen LogP contribution < -0.4 is 10.1 Å². The minimum Gasteiger partial charge on any atom is -0.496 e. The summed E-state index contributed by atoms with van der Waals surface area (Å²) in [4.78, 5) is 0. The number of methoxy groups -OCH3 is 1. The van der Waals surface area contributed by atoms with Crippen molar-refractivity contribution < 1.29 is 9.47 Å². The average Bonchev–Trinajstić information content (AvgIpc) is 2.43. The fourth-order valence-corrected chi connectivity index (χ4v) is 2.01. The molecule has 1 N–H and O–H groups in total. The van der Waals surface area contributed by atoms with Gasteiger partial charge in [0.25, 0.3) is 0 Å². The molecule has 0 aliphatic heterocycles. The first-order valence-electron chi connectivity index (χ1n) is 7.11. The molecule has 0 fully saturated rings. The predicted octanol–water partition coefficient (Wildman–Crippen LogP) is 3.47. The van der Waals surface area contributed by atoms with Gasteiger partial charge in [-0.1, -0.05) is 31.5 Å². The van der Waals surface area contributed by atoms with Crippen molar-refractivity contribution in [1.29, 1.82) is 0 Å². The lowest BCUT2D eigenvalue weighted by Gasteiger charge is -2.23. The Kier molecular flexibility index (Phi) is 6.89. The summed E-state index contributed by atoms with van der Waals surface area (Å²) in [6.07, 6.45) is 1.32. The molecule has 19 heavy (non-hydrogen) atoms. The van der Waals surface area contributed by atoms with Crippen LogP contribution in [0.3, 0.4) is 0 Å².